The highest BCUT2D eigenvalue weighted by Crippen LogP contribution is 2.11. The first-order chi connectivity index (χ1) is 11.2. The number of amides is 2. The van der Waals surface area contributed by atoms with Crippen molar-refractivity contribution in [2.75, 3.05) is 19.6 Å². The Bertz CT molecular complexity index is 302. The monoisotopic (exact) mass is 363 g/mol. The van der Waals surface area contributed by atoms with Crippen LogP contribution in [0.3, 0.4) is 0 Å². The molecule has 0 atom stereocenters. The summed E-state index contributed by atoms with van der Waals surface area (Å²) in [6.07, 6.45) is 16.0. The number of hydrogen-bond donors (Lipinski definition) is 3. The van der Waals surface area contributed by atoms with Gasteiger partial charge in [0.25, 0.3) is 0 Å². The zero-order valence-corrected chi connectivity index (χ0v) is 16.2. The molecule has 0 aromatic rings. The molecular formula is C18H38ClN3O2. The lowest BCUT2D eigenvalue weighted by Gasteiger charge is -2.05. The molecule has 24 heavy (non-hydrogen) atoms. The van der Waals surface area contributed by atoms with Gasteiger partial charge in [-0.15, -0.1) is 12.4 Å². The fraction of sp³-hybridized carbons (Fsp3) is 0.889. The number of hydrogen-bond acceptors (Lipinski definition) is 3. The van der Waals surface area contributed by atoms with Crippen LogP contribution < -0.4 is 16.4 Å². The molecule has 0 heterocycles. The summed E-state index contributed by atoms with van der Waals surface area (Å²) in [6.45, 7) is 3.28. The van der Waals surface area contributed by atoms with Gasteiger partial charge in [-0.25, -0.2) is 0 Å². The highest BCUT2D eigenvalue weighted by Gasteiger charge is 2.01. The van der Waals surface area contributed by atoms with Crippen LogP contribution in [0.5, 0.6) is 0 Å². The molecule has 2 amide bonds. The molecule has 5 nitrogen and oxygen atoms in total. The van der Waals surface area contributed by atoms with E-state index in [0.29, 0.717) is 0 Å². The second-order valence-electron chi connectivity index (χ2n) is 6.31. The van der Waals surface area contributed by atoms with E-state index >= 15 is 0 Å². The molecule has 0 aromatic carbocycles. The standard InChI is InChI=1S/C18H37N3O2.ClH/c1-2-3-4-5-6-7-8-9-10-11-12-13-14-20-16-18(23)21-15-17(19)22;/h20H,2-16H2,1H3,(H2,19,22)(H,21,23);1H. The van der Waals surface area contributed by atoms with Crippen molar-refractivity contribution in [2.45, 2.75) is 84.0 Å². The molecule has 0 aromatic heterocycles. The number of halogens is 1. The second-order valence-corrected chi connectivity index (χ2v) is 6.31. The molecule has 4 N–H and O–H groups in total. The summed E-state index contributed by atoms with van der Waals surface area (Å²) in [4.78, 5) is 21.8. The Kier molecular flexibility index (Phi) is 21.4. The van der Waals surface area contributed by atoms with Crippen LogP contribution in [0.1, 0.15) is 84.0 Å². The number of carbonyl (C=O) groups is 2. The Balaban J connectivity index is 0. The number of primary amides is 1. The van der Waals surface area contributed by atoms with Crippen LogP contribution in [0.4, 0.5) is 0 Å². The second kappa shape index (κ2) is 20.2. The number of carbonyl (C=O) groups excluding carboxylic acids is 2. The van der Waals surface area contributed by atoms with Crippen LogP contribution in [0.25, 0.3) is 0 Å². The highest BCUT2D eigenvalue weighted by molar-refractivity contribution is 5.85. The van der Waals surface area contributed by atoms with Crippen LogP contribution >= 0.6 is 12.4 Å². The maximum absolute atomic E-state index is 11.3. The summed E-state index contributed by atoms with van der Waals surface area (Å²) in [6, 6.07) is 0. The first kappa shape index (κ1) is 25.4. The molecule has 0 aliphatic carbocycles. The average molecular weight is 364 g/mol. The smallest absolute Gasteiger partial charge is 0.236 e. The van der Waals surface area contributed by atoms with Gasteiger partial charge in [0.2, 0.25) is 11.8 Å². The lowest BCUT2D eigenvalue weighted by Crippen LogP contribution is -2.39. The number of nitrogens with two attached hydrogens (primary N) is 1. The molecular weight excluding hydrogens is 326 g/mol. The van der Waals surface area contributed by atoms with Crippen molar-refractivity contribution in [1.29, 1.82) is 0 Å². The van der Waals surface area contributed by atoms with Gasteiger partial charge in [0.15, 0.2) is 0 Å². The van der Waals surface area contributed by atoms with E-state index in [1.807, 2.05) is 0 Å². The molecule has 0 spiro atoms. The Morgan fingerprint density at radius 1 is 0.750 bits per heavy atom. The largest absolute Gasteiger partial charge is 0.368 e. The van der Waals surface area contributed by atoms with Crippen molar-refractivity contribution in [3.05, 3.63) is 0 Å². The van der Waals surface area contributed by atoms with E-state index in [9.17, 15) is 9.59 Å². The quantitative estimate of drug-likeness (QED) is 0.347. The summed E-state index contributed by atoms with van der Waals surface area (Å²) < 4.78 is 0. The molecule has 0 bridgehead atoms. The van der Waals surface area contributed by atoms with Crippen molar-refractivity contribution in [2.24, 2.45) is 5.73 Å². The van der Waals surface area contributed by atoms with Gasteiger partial charge in [0, 0.05) is 0 Å². The van der Waals surface area contributed by atoms with E-state index in [1.54, 1.807) is 0 Å². The molecule has 0 aliphatic rings. The highest BCUT2D eigenvalue weighted by atomic mass is 35.5. The maximum Gasteiger partial charge on any atom is 0.236 e. The van der Waals surface area contributed by atoms with Gasteiger partial charge >= 0.3 is 0 Å². The number of rotatable bonds is 17. The van der Waals surface area contributed by atoms with Crippen molar-refractivity contribution < 1.29 is 9.59 Å². The van der Waals surface area contributed by atoms with E-state index < -0.39 is 5.91 Å². The summed E-state index contributed by atoms with van der Waals surface area (Å²) in [7, 11) is 0. The molecule has 0 saturated carbocycles. The third-order valence-corrected chi connectivity index (χ3v) is 3.95. The maximum atomic E-state index is 11.3. The Morgan fingerprint density at radius 2 is 1.21 bits per heavy atom. The van der Waals surface area contributed by atoms with Crippen LogP contribution in [0.2, 0.25) is 0 Å². The Labute approximate surface area is 154 Å². The third kappa shape index (κ3) is 21.2. The van der Waals surface area contributed by atoms with Gasteiger partial charge in [-0.1, -0.05) is 77.6 Å². The SMILES string of the molecule is CCCCCCCCCCCCCCNCC(=O)NCC(N)=O.Cl. The van der Waals surface area contributed by atoms with E-state index in [0.717, 1.165) is 13.0 Å². The predicted octanol–water partition coefficient (Wildman–Crippen LogP) is 3.30. The minimum absolute atomic E-state index is 0. The van der Waals surface area contributed by atoms with Crippen LogP contribution in [-0.2, 0) is 9.59 Å². The van der Waals surface area contributed by atoms with Crippen molar-refractivity contribution in [3.63, 3.8) is 0 Å². The first-order valence-corrected chi connectivity index (χ1v) is 9.42. The normalized spacial score (nSPS) is 10.2. The van der Waals surface area contributed by atoms with Crippen molar-refractivity contribution in [3.8, 4) is 0 Å². The van der Waals surface area contributed by atoms with Gasteiger partial charge < -0.3 is 16.4 Å². The zero-order chi connectivity index (χ0) is 17.2. The van der Waals surface area contributed by atoms with Crippen LogP contribution in [0.15, 0.2) is 0 Å². The minimum Gasteiger partial charge on any atom is -0.368 e. The van der Waals surface area contributed by atoms with E-state index in [2.05, 4.69) is 17.6 Å². The summed E-state index contributed by atoms with van der Waals surface area (Å²) in [5, 5.41) is 5.53. The molecule has 0 rings (SSSR count). The predicted molar refractivity (Wildman–Crippen MR) is 103 cm³/mol. The first-order valence-electron chi connectivity index (χ1n) is 9.42. The lowest BCUT2D eigenvalue weighted by atomic mass is 10.1. The third-order valence-electron chi connectivity index (χ3n) is 3.95. The van der Waals surface area contributed by atoms with Crippen molar-refractivity contribution in [1.82, 2.24) is 10.6 Å². The minimum atomic E-state index is -0.515. The molecule has 0 radical (unpaired) electrons. The molecule has 0 saturated heterocycles. The van der Waals surface area contributed by atoms with Gasteiger partial charge in [0.05, 0.1) is 13.1 Å². The molecule has 0 fully saturated rings. The average Bonchev–Trinajstić information content (AvgIpc) is 2.53. The lowest BCUT2D eigenvalue weighted by molar-refractivity contribution is -0.124. The number of unbranched alkanes of at least 4 members (excludes halogenated alkanes) is 11. The van der Waals surface area contributed by atoms with Crippen LogP contribution in [0, 0.1) is 0 Å². The topological polar surface area (TPSA) is 84.2 Å². The number of nitrogens with one attached hydrogen (secondary N) is 2. The van der Waals surface area contributed by atoms with Gasteiger partial charge in [-0.2, -0.15) is 0 Å². The molecule has 0 unspecified atom stereocenters. The zero-order valence-electron chi connectivity index (χ0n) is 15.4. The van der Waals surface area contributed by atoms with Crippen LogP contribution in [-0.4, -0.2) is 31.4 Å². The van der Waals surface area contributed by atoms with E-state index in [1.165, 1.54) is 70.6 Å². The summed E-state index contributed by atoms with van der Waals surface area (Å²) in [5.74, 6) is -0.693. The molecule has 0 aliphatic heterocycles. The summed E-state index contributed by atoms with van der Waals surface area (Å²) >= 11 is 0. The fourth-order valence-electron chi connectivity index (χ4n) is 2.54. The summed E-state index contributed by atoms with van der Waals surface area (Å²) in [5.41, 5.74) is 4.95. The Morgan fingerprint density at radius 3 is 1.67 bits per heavy atom. The Hall–Kier alpha value is -0.810. The van der Waals surface area contributed by atoms with Gasteiger partial charge in [-0.05, 0) is 13.0 Å². The molecule has 144 valence electrons. The molecule has 6 heteroatoms. The van der Waals surface area contributed by atoms with Crippen molar-refractivity contribution >= 4 is 24.2 Å². The van der Waals surface area contributed by atoms with Gasteiger partial charge in [0.1, 0.15) is 0 Å². The van der Waals surface area contributed by atoms with Gasteiger partial charge in [-0.3, -0.25) is 9.59 Å². The fourth-order valence-corrected chi connectivity index (χ4v) is 2.54. The van der Waals surface area contributed by atoms with E-state index in [4.69, 9.17) is 5.73 Å². The van der Waals surface area contributed by atoms with E-state index in [-0.39, 0.29) is 31.4 Å².